The smallest absolute Gasteiger partial charge is 0.417 e. The van der Waals surface area contributed by atoms with Crippen molar-refractivity contribution in [2.45, 2.75) is 25.9 Å². The third-order valence-corrected chi connectivity index (χ3v) is 4.09. The van der Waals surface area contributed by atoms with E-state index in [1.165, 1.54) is 16.9 Å². The van der Waals surface area contributed by atoms with Crippen LogP contribution in [0.5, 0.6) is 0 Å². The van der Waals surface area contributed by atoms with Gasteiger partial charge in [0, 0.05) is 12.4 Å². The van der Waals surface area contributed by atoms with E-state index in [2.05, 4.69) is 10.1 Å². The van der Waals surface area contributed by atoms with Gasteiger partial charge in [-0.15, -0.1) is 0 Å². The maximum Gasteiger partial charge on any atom is 0.417 e. The number of nitrogens with zero attached hydrogens (tertiary/aromatic N) is 3. The lowest BCUT2D eigenvalue weighted by molar-refractivity contribution is -0.137. The molecule has 0 spiro atoms. The summed E-state index contributed by atoms with van der Waals surface area (Å²) in [5, 5.41) is 4.36. The quantitative estimate of drug-likeness (QED) is 0.592. The first-order valence-corrected chi connectivity index (χ1v) is 8.71. The van der Waals surface area contributed by atoms with Crippen LogP contribution in [0.15, 0.2) is 54.9 Å². The van der Waals surface area contributed by atoms with Gasteiger partial charge < -0.3 is 4.74 Å². The molecule has 0 saturated carbocycles. The van der Waals surface area contributed by atoms with Crippen LogP contribution in [0.25, 0.3) is 5.82 Å². The summed E-state index contributed by atoms with van der Waals surface area (Å²) >= 11 is 0. The van der Waals surface area contributed by atoms with Crippen molar-refractivity contribution in [1.29, 1.82) is 0 Å². The van der Waals surface area contributed by atoms with Crippen molar-refractivity contribution in [1.82, 2.24) is 14.8 Å². The predicted octanol–water partition coefficient (Wildman–Crippen LogP) is 4.25. The van der Waals surface area contributed by atoms with E-state index < -0.39 is 17.7 Å². The third kappa shape index (κ3) is 4.57. The molecule has 3 rings (SSSR count). The zero-order chi connectivity index (χ0) is 20.1. The Labute approximate surface area is 159 Å². The second-order valence-corrected chi connectivity index (χ2v) is 6.04. The van der Waals surface area contributed by atoms with Crippen LogP contribution >= 0.6 is 0 Å². The van der Waals surface area contributed by atoms with Gasteiger partial charge in [0.05, 0.1) is 17.9 Å². The number of carbonyl (C=O) groups is 1. The minimum atomic E-state index is -4.47. The van der Waals surface area contributed by atoms with Crippen LogP contribution in [0.4, 0.5) is 13.2 Å². The highest BCUT2D eigenvalue weighted by molar-refractivity contribution is 5.90. The Kier molecular flexibility index (Phi) is 5.77. The van der Waals surface area contributed by atoms with Crippen molar-refractivity contribution < 1.29 is 22.7 Å². The highest BCUT2D eigenvalue weighted by atomic mass is 19.4. The van der Waals surface area contributed by atoms with Crippen LogP contribution in [0.1, 0.15) is 34.1 Å². The van der Waals surface area contributed by atoms with E-state index in [4.69, 9.17) is 4.74 Å². The first kappa shape index (κ1) is 19.6. The molecule has 0 atom stereocenters. The minimum absolute atomic E-state index is 0.185. The number of alkyl halides is 3. The van der Waals surface area contributed by atoms with Crippen LogP contribution in [-0.4, -0.2) is 27.3 Å². The number of benzene rings is 1. The van der Waals surface area contributed by atoms with Gasteiger partial charge in [0.2, 0.25) is 0 Å². The molecule has 8 heteroatoms. The molecule has 0 radical (unpaired) electrons. The lowest BCUT2D eigenvalue weighted by Crippen LogP contribution is -2.07. The molecule has 0 amide bonds. The maximum absolute atomic E-state index is 12.7. The van der Waals surface area contributed by atoms with Crippen molar-refractivity contribution in [2.24, 2.45) is 0 Å². The molecule has 0 bridgehead atoms. The molecule has 2 aromatic heterocycles. The fourth-order valence-corrected chi connectivity index (χ4v) is 2.69. The third-order valence-electron chi connectivity index (χ3n) is 4.09. The van der Waals surface area contributed by atoms with Gasteiger partial charge in [-0.1, -0.05) is 30.3 Å². The monoisotopic (exact) mass is 389 g/mol. The van der Waals surface area contributed by atoms with Gasteiger partial charge in [0.1, 0.15) is 5.56 Å². The Bertz CT molecular complexity index is 936. The molecule has 0 saturated heterocycles. The summed E-state index contributed by atoms with van der Waals surface area (Å²) in [6.45, 7) is 1.91. The van der Waals surface area contributed by atoms with E-state index >= 15 is 0 Å². The Balaban J connectivity index is 1.88. The molecule has 146 valence electrons. The molecule has 0 fully saturated rings. The molecule has 5 nitrogen and oxygen atoms in total. The van der Waals surface area contributed by atoms with Crippen LogP contribution in [-0.2, 0) is 23.8 Å². The van der Waals surface area contributed by atoms with Gasteiger partial charge in [-0.2, -0.15) is 18.3 Å². The zero-order valence-corrected chi connectivity index (χ0v) is 15.1. The van der Waals surface area contributed by atoms with Crippen molar-refractivity contribution in [2.75, 3.05) is 6.61 Å². The number of carbonyl (C=O) groups excluding carboxylic acids is 1. The summed E-state index contributed by atoms with van der Waals surface area (Å²) in [4.78, 5) is 16.1. The first-order chi connectivity index (χ1) is 13.4. The molecule has 0 aliphatic heterocycles. The van der Waals surface area contributed by atoms with Crippen molar-refractivity contribution in [3.05, 3.63) is 77.2 Å². The highest BCUT2D eigenvalue weighted by Gasteiger charge is 2.30. The summed E-state index contributed by atoms with van der Waals surface area (Å²) in [5.41, 5.74) is 1.02. The summed E-state index contributed by atoms with van der Waals surface area (Å²) in [7, 11) is 0. The Morgan fingerprint density at radius 2 is 1.86 bits per heavy atom. The second-order valence-electron chi connectivity index (χ2n) is 6.04. The molecule has 0 aliphatic carbocycles. The molecule has 3 aromatic rings. The molecule has 2 heterocycles. The number of aryl methyl sites for hydroxylation is 2. The largest absolute Gasteiger partial charge is 0.462 e. The number of pyridine rings is 1. The molecule has 1 aromatic carbocycles. The fourth-order valence-electron chi connectivity index (χ4n) is 2.69. The SMILES string of the molecule is CCOC(=O)c1cn(-c2ccc(C(F)(F)F)cn2)nc1CCc1ccccc1. The van der Waals surface area contributed by atoms with Crippen molar-refractivity contribution in [3.8, 4) is 5.82 Å². The van der Waals surface area contributed by atoms with E-state index in [1.807, 2.05) is 30.3 Å². The normalized spacial score (nSPS) is 11.4. The van der Waals surface area contributed by atoms with Gasteiger partial charge in [-0.25, -0.2) is 14.5 Å². The van der Waals surface area contributed by atoms with Crippen LogP contribution in [0.3, 0.4) is 0 Å². The average Bonchev–Trinajstić information content (AvgIpc) is 3.11. The predicted molar refractivity (Wildman–Crippen MR) is 96.2 cm³/mol. The van der Waals surface area contributed by atoms with E-state index in [1.54, 1.807) is 6.92 Å². The zero-order valence-electron chi connectivity index (χ0n) is 15.1. The molecule has 0 unspecified atom stereocenters. The topological polar surface area (TPSA) is 57.0 Å². The number of hydrogen-bond acceptors (Lipinski definition) is 4. The van der Waals surface area contributed by atoms with Gasteiger partial charge in [-0.3, -0.25) is 0 Å². The van der Waals surface area contributed by atoms with Gasteiger partial charge in [0.25, 0.3) is 0 Å². The highest BCUT2D eigenvalue weighted by Crippen LogP contribution is 2.28. The number of rotatable bonds is 6. The average molecular weight is 389 g/mol. The molecular weight excluding hydrogens is 371 g/mol. The van der Waals surface area contributed by atoms with Crippen LogP contribution in [0, 0.1) is 0 Å². The van der Waals surface area contributed by atoms with E-state index in [0.29, 0.717) is 18.5 Å². The molecule has 28 heavy (non-hydrogen) atoms. The minimum Gasteiger partial charge on any atom is -0.462 e. The first-order valence-electron chi connectivity index (χ1n) is 8.71. The van der Waals surface area contributed by atoms with Crippen LogP contribution < -0.4 is 0 Å². The summed E-state index contributed by atoms with van der Waals surface area (Å²) in [6.07, 6.45) is -1.15. The van der Waals surface area contributed by atoms with E-state index in [0.717, 1.165) is 17.8 Å². The molecule has 0 aliphatic rings. The van der Waals surface area contributed by atoms with Crippen molar-refractivity contribution >= 4 is 5.97 Å². The molecular formula is C20H18F3N3O2. The number of esters is 1. The number of hydrogen-bond donors (Lipinski definition) is 0. The van der Waals surface area contributed by atoms with E-state index in [-0.39, 0.29) is 18.0 Å². The lowest BCUT2D eigenvalue weighted by atomic mass is 10.1. The van der Waals surface area contributed by atoms with Gasteiger partial charge in [-0.05, 0) is 37.5 Å². The number of aromatic nitrogens is 3. The summed E-state index contributed by atoms with van der Waals surface area (Å²) in [5.74, 6) is -0.340. The Hall–Kier alpha value is -3.16. The fraction of sp³-hybridized carbons (Fsp3) is 0.250. The van der Waals surface area contributed by atoms with Crippen molar-refractivity contribution in [3.63, 3.8) is 0 Å². The number of halogens is 3. The van der Waals surface area contributed by atoms with Gasteiger partial charge >= 0.3 is 12.1 Å². The van der Waals surface area contributed by atoms with Gasteiger partial charge in [0.15, 0.2) is 5.82 Å². The molecule has 0 N–H and O–H groups in total. The van der Waals surface area contributed by atoms with Crippen LogP contribution in [0.2, 0.25) is 0 Å². The summed E-state index contributed by atoms with van der Waals surface area (Å²) in [6, 6.07) is 11.8. The lowest BCUT2D eigenvalue weighted by Gasteiger charge is -2.06. The standard InChI is InChI=1S/C20H18F3N3O2/c1-2-28-19(27)16-13-26(18-11-9-15(12-24-18)20(21,22)23)25-17(16)10-8-14-6-4-3-5-7-14/h3-7,9,11-13H,2,8,10H2,1H3. The Morgan fingerprint density at radius 3 is 2.46 bits per heavy atom. The second kappa shape index (κ2) is 8.24. The van der Waals surface area contributed by atoms with E-state index in [9.17, 15) is 18.0 Å². The Morgan fingerprint density at radius 1 is 1.11 bits per heavy atom. The maximum atomic E-state index is 12.7. The summed E-state index contributed by atoms with van der Waals surface area (Å²) < 4.78 is 44.5. The number of ether oxygens (including phenoxy) is 1.